The van der Waals surface area contributed by atoms with Crippen molar-refractivity contribution in [3.8, 4) is 0 Å². The SMILES string of the molecule is CCCN(CC)CCNc1ccncc1[N+](=O)[O-]. The van der Waals surface area contributed by atoms with Crippen molar-refractivity contribution >= 4 is 11.4 Å². The summed E-state index contributed by atoms with van der Waals surface area (Å²) in [5.74, 6) is 0. The molecule has 0 aliphatic carbocycles. The maximum Gasteiger partial charge on any atom is 0.310 e. The Bertz CT molecular complexity index is 384. The predicted molar refractivity (Wildman–Crippen MR) is 71.8 cm³/mol. The molecule has 1 heterocycles. The molecule has 1 aromatic rings. The van der Waals surface area contributed by atoms with E-state index in [0.717, 1.165) is 26.1 Å². The van der Waals surface area contributed by atoms with Gasteiger partial charge in [-0.05, 0) is 25.6 Å². The van der Waals surface area contributed by atoms with Gasteiger partial charge in [0.2, 0.25) is 0 Å². The molecular formula is C12H20N4O2. The van der Waals surface area contributed by atoms with Gasteiger partial charge in [-0.1, -0.05) is 13.8 Å². The molecule has 0 atom stereocenters. The van der Waals surface area contributed by atoms with E-state index >= 15 is 0 Å². The van der Waals surface area contributed by atoms with E-state index in [1.165, 1.54) is 6.20 Å². The molecule has 0 saturated heterocycles. The Balaban J connectivity index is 2.50. The lowest BCUT2D eigenvalue weighted by Crippen LogP contribution is -2.29. The van der Waals surface area contributed by atoms with Gasteiger partial charge in [-0.3, -0.25) is 15.1 Å². The monoisotopic (exact) mass is 252 g/mol. The number of hydrogen-bond donors (Lipinski definition) is 1. The lowest BCUT2D eigenvalue weighted by molar-refractivity contribution is -0.384. The summed E-state index contributed by atoms with van der Waals surface area (Å²) in [6.45, 7) is 7.88. The first kappa shape index (κ1) is 14.4. The average Bonchev–Trinajstić information content (AvgIpc) is 2.38. The number of pyridine rings is 1. The van der Waals surface area contributed by atoms with Gasteiger partial charge in [-0.2, -0.15) is 0 Å². The van der Waals surface area contributed by atoms with Crippen LogP contribution in [-0.2, 0) is 0 Å². The maximum absolute atomic E-state index is 10.8. The molecule has 0 aliphatic heterocycles. The van der Waals surface area contributed by atoms with Gasteiger partial charge in [0.25, 0.3) is 0 Å². The molecule has 0 spiro atoms. The topological polar surface area (TPSA) is 71.3 Å². The van der Waals surface area contributed by atoms with Crippen LogP contribution in [-0.4, -0.2) is 41.0 Å². The summed E-state index contributed by atoms with van der Waals surface area (Å²) < 4.78 is 0. The number of nitrogens with zero attached hydrogens (tertiary/aromatic N) is 3. The number of hydrogen-bond acceptors (Lipinski definition) is 5. The molecular weight excluding hydrogens is 232 g/mol. The van der Waals surface area contributed by atoms with Crippen molar-refractivity contribution in [2.75, 3.05) is 31.5 Å². The van der Waals surface area contributed by atoms with Crippen molar-refractivity contribution in [1.29, 1.82) is 0 Å². The molecule has 0 bridgehead atoms. The van der Waals surface area contributed by atoms with Crippen LogP contribution in [0.3, 0.4) is 0 Å². The fourth-order valence-electron chi connectivity index (χ4n) is 1.77. The van der Waals surface area contributed by atoms with Gasteiger partial charge in [-0.15, -0.1) is 0 Å². The Morgan fingerprint density at radius 3 is 2.83 bits per heavy atom. The number of nitrogens with one attached hydrogen (secondary N) is 1. The summed E-state index contributed by atoms with van der Waals surface area (Å²) in [5.41, 5.74) is 0.554. The van der Waals surface area contributed by atoms with Gasteiger partial charge in [0.1, 0.15) is 11.9 Å². The van der Waals surface area contributed by atoms with Gasteiger partial charge in [-0.25, -0.2) is 0 Å². The van der Waals surface area contributed by atoms with E-state index in [0.29, 0.717) is 12.2 Å². The Kier molecular flexibility index (Phi) is 6.07. The molecule has 0 fully saturated rings. The lowest BCUT2D eigenvalue weighted by atomic mass is 10.3. The minimum absolute atomic E-state index is 0.0241. The molecule has 0 amide bonds. The zero-order chi connectivity index (χ0) is 13.4. The van der Waals surface area contributed by atoms with Crippen LogP contribution in [0.2, 0.25) is 0 Å². The van der Waals surface area contributed by atoms with Crippen molar-refractivity contribution in [3.63, 3.8) is 0 Å². The predicted octanol–water partition coefficient (Wildman–Crippen LogP) is 2.13. The minimum Gasteiger partial charge on any atom is -0.378 e. The molecule has 6 heteroatoms. The Hall–Kier alpha value is -1.69. The van der Waals surface area contributed by atoms with Crippen LogP contribution in [0.15, 0.2) is 18.5 Å². The zero-order valence-corrected chi connectivity index (χ0v) is 10.9. The summed E-state index contributed by atoms with van der Waals surface area (Å²) in [6.07, 6.45) is 3.94. The van der Waals surface area contributed by atoms with E-state index in [1.807, 2.05) is 0 Å². The van der Waals surface area contributed by atoms with Crippen LogP contribution in [0.5, 0.6) is 0 Å². The highest BCUT2D eigenvalue weighted by Gasteiger charge is 2.12. The summed E-state index contributed by atoms with van der Waals surface area (Å²) in [4.78, 5) is 16.4. The maximum atomic E-state index is 10.8. The summed E-state index contributed by atoms with van der Waals surface area (Å²) >= 11 is 0. The molecule has 6 nitrogen and oxygen atoms in total. The molecule has 0 saturated carbocycles. The first-order valence-electron chi connectivity index (χ1n) is 6.23. The van der Waals surface area contributed by atoms with Crippen molar-refractivity contribution in [2.45, 2.75) is 20.3 Å². The van der Waals surface area contributed by atoms with Crippen molar-refractivity contribution in [2.24, 2.45) is 0 Å². The fraction of sp³-hybridized carbons (Fsp3) is 0.583. The molecule has 1 rings (SSSR count). The summed E-state index contributed by atoms with van der Waals surface area (Å²) in [5, 5.41) is 13.9. The first-order valence-corrected chi connectivity index (χ1v) is 6.23. The second-order valence-electron chi connectivity index (χ2n) is 4.01. The summed E-state index contributed by atoms with van der Waals surface area (Å²) in [6, 6.07) is 1.63. The van der Waals surface area contributed by atoms with Crippen molar-refractivity contribution < 1.29 is 4.92 Å². The highest BCUT2D eigenvalue weighted by atomic mass is 16.6. The van der Waals surface area contributed by atoms with E-state index in [1.54, 1.807) is 12.3 Å². The van der Waals surface area contributed by atoms with Crippen LogP contribution in [0.1, 0.15) is 20.3 Å². The average molecular weight is 252 g/mol. The number of aromatic nitrogens is 1. The van der Waals surface area contributed by atoms with Crippen molar-refractivity contribution in [1.82, 2.24) is 9.88 Å². The summed E-state index contributed by atoms with van der Waals surface area (Å²) in [7, 11) is 0. The molecule has 1 N–H and O–H groups in total. The second kappa shape index (κ2) is 7.60. The number of anilines is 1. The Morgan fingerprint density at radius 2 is 2.22 bits per heavy atom. The third-order valence-electron chi connectivity index (χ3n) is 2.73. The van der Waals surface area contributed by atoms with Gasteiger partial charge in [0, 0.05) is 19.3 Å². The van der Waals surface area contributed by atoms with Gasteiger partial charge >= 0.3 is 5.69 Å². The van der Waals surface area contributed by atoms with Crippen molar-refractivity contribution in [3.05, 3.63) is 28.6 Å². The lowest BCUT2D eigenvalue weighted by Gasteiger charge is -2.19. The third kappa shape index (κ3) is 4.29. The van der Waals surface area contributed by atoms with Crippen LogP contribution >= 0.6 is 0 Å². The van der Waals surface area contributed by atoms with E-state index < -0.39 is 4.92 Å². The minimum atomic E-state index is -0.418. The van der Waals surface area contributed by atoms with Gasteiger partial charge < -0.3 is 10.2 Å². The van der Waals surface area contributed by atoms with E-state index in [-0.39, 0.29) is 5.69 Å². The smallest absolute Gasteiger partial charge is 0.310 e. The highest BCUT2D eigenvalue weighted by molar-refractivity contribution is 5.59. The van der Waals surface area contributed by atoms with Crippen LogP contribution < -0.4 is 5.32 Å². The number of rotatable bonds is 8. The molecule has 0 radical (unpaired) electrons. The van der Waals surface area contributed by atoms with Crippen LogP contribution in [0, 0.1) is 10.1 Å². The normalized spacial score (nSPS) is 10.6. The number of likely N-dealkylation sites (N-methyl/N-ethyl adjacent to an activating group) is 1. The van der Waals surface area contributed by atoms with E-state index in [4.69, 9.17) is 0 Å². The molecule has 0 unspecified atom stereocenters. The molecule has 0 aliphatic rings. The van der Waals surface area contributed by atoms with Gasteiger partial charge in [0.15, 0.2) is 0 Å². The quantitative estimate of drug-likeness (QED) is 0.567. The number of nitro groups is 1. The van der Waals surface area contributed by atoms with Crippen LogP contribution in [0.25, 0.3) is 0 Å². The molecule has 100 valence electrons. The van der Waals surface area contributed by atoms with E-state index in [9.17, 15) is 10.1 Å². The van der Waals surface area contributed by atoms with Gasteiger partial charge in [0.05, 0.1) is 4.92 Å². The highest BCUT2D eigenvalue weighted by Crippen LogP contribution is 2.21. The fourth-order valence-corrected chi connectivity index (χ4v) is 1.77. The molecule has 0 aromatic carbocycles. The third-order valence-corrected chi connectivity index (χ3v) is 2.73. The standard InChI is InChI=1S/C12H20N4O2/c1-3-8-15(4-2)9-7-14-11-5-6-13-10-12(11)16(17)18/h5-6,10H,3-4,7-9H2,1-2H3,(H,13,14). The second-order valence-corrected chi connectivity index (χ2v) is 4.01. The van der Waals surface area contributed by atoms with Crippen LogP contribution in [0.4, 0.5) is 11.4 Å². The Labute approximate surface area is 107 Å². The molecule has 18 heavy (non-hydrogen) atoms. The zero-order valence-electron chi connectivity index (χ0n) is 10.9. The largest absolute Gasteiger partial charge is 0.378 e. The first-order chi connectivity index (χ1) is 8.69. The molecule has 1 aromatic heterocycles. The Morgan fingerprint density at radius 1 is 1.44 bits per heavy atom. The van der Waals surface area contributed by atoms with E-state index in [2.05, 4.69) is 29.0 Å².